The van der Waals surface area contributed by atoms with Crippen LogP contribution in [-0.2, 0) is 16.5 Å². The van der Waals surface area contributed by atoms with Gasteiger partial charge in [-0.25, -0.2) is 0 Å². The number of para-hydroxylation sites is 2. The van der Waals surface area contributed by atoms with Gasteiger partial charge >= 0.3 is 51.4 Å². The van der Waals surface area contributed by atoms with Crippen molar-refractivity contribution in [2.45, 2.75) is 82.4 Å². The number of ether oxygens (including phenoxy) is 1. The second-order valence-electron chi connectivity index (χ2n) is 7.74. The van der Waals surface area contributed by atoms with Crippen LogP contribution in [0.2, 0.25) is 0 Å². The molecule has 7 heteroatoms. The molecule has 0 bridgehead atoms. The number of rotatable bonds is 14. The number of benzene rings is 2. The first-order valence-electron chi connectivity index (χ1n) is 11.0. The molecule has 0 fully saturated rings. The van der Waals surface area contributed by atoms with Crippen molar-refractivity contribution in [3.05, 3.63) is 48.0 Å². The Morgan fingerprint density at radius 1 is 0.839 bits per heavy atom. The predicted molar refractivity (Wildman–Crippen MR) is 118 cm³/mol. The third kappa shape index (κ3) is 10.8. The first-order valence-corrected chi connectivity index (χ1v) is 12.4. The minimum absolute atomic E-state index is 0. The Morgan fingerprint density at radius 2 is 1.42 bits per heavy atom. The van der Waals surface area contributed by atoms with Gasteiger partial charge in [0.25, 0.3) is 10.1 Å². The second kappa shape index (κ2) is 15.4. The molecule has 166 valence electrons. The second-order valence-corrected chi connectivity index (χ2v) is 9.13. The topological polar surface area (TPSA) is 86.7 Å². The van der Waals surface area contributed by atoms with E-state index in [4.69, 9.17) is 4.74 Å². The first-order chi connectivity index (χ1) is 14.4. The van der Waals surface area contributed by atoms with E-state index in [2.05, 4.69) is 6.92 Å². The number of hydrogen-bond acceptors (Lipinski definition) is 4. The number of aryl methyl sites for hydroxylation is 1. The van der Waals surface area contributed by atoms with E-state index in [1.807, 2.05) is 0 Å². The summed E-state index contributed by atoms with van der Waals surface area (Å²) in [6.07, 6.45) is 13.1. The Hall–Kier alpha value is -0.414. The number of unbranched alkanes of at least 4 members (excludes halogenated alkanes) is 9. The summed E-state index contributed by atoms with van der Waals surface area (Å²) >= 11 is 0. The van der Waals surface area contributed by atoms with Crippen LogP contribution in [0.4, 0.5) is 0 Å². The van der Waals surface area contributed by atoms with E-state index >= 15 is 0 Å². The zero-order valence-electron chi connectivity index (χ0n) is 18.8. The summed E-state index contributed by atoms with van der Waals surface area (Å²) in [5.74, 6) is -0.384. The average Bonchev–Trinajstić information content (AvgIpc) is 2.71. The summed E-state index contributed by atoms with van der Waals surface area (Å²) in [6.45, 7) is 2.23. The summed E-state index contributed by atoms with van der Waals surface area (Å²) in [5.41, 5.74) is 0.824. The molecule has 5 nitrogen and oxygen atoms in total. The van der Waals surface area contributed by atoms with Crippen molar-refractivity contribution in [2.75, 3.05) is 0 Å². The molecule has 31 heavy (non-hydrogen) atoms. The molecule has 2 aromatic carbocycles. The minimum Gasteiger partial charge on any atom is -0.870 e. The van der Waals surface area contributed by atoms with E-state index in [1.54, 1.807) is 18.2 Å². The summed E-state index contributed by atoms with van der Waals surface area (Å²) in [7, 11) is -4.47. The molecule has 0 radical (unpaired) electrons. The van der Waals surface area contributed by atoms with E-state index in [1.165, 1.54) is 75.6 Å². The molecule has 0 aromatic heterocycles. The molecule has 0 aliphatic heterocycles. The Kier molecular flexibility index (Phi) is 14.2. The fraction of sp³-hybridized carbons (Fsp3) is 0.500. The molecule has 0 unspecified atom stereocenters. The van der Waals surface area contributed by atoms with Crippen molar-refractivity contribution in [3.8, 4) is 17.2 Å². The van der Waals surface area contributed by atoms with Gasteiger partial charge in [-0.1, -0.05) is 94.7 Å². The van der Waals surface area contributed by atoms with Crippen molar-refractivity contribution in [3.63, 3.8) is 0 Å². The summed E-state index contributed by atoms with van der Waals surface area (Å²) in [4.78, 5) is -0.310. The number of hydrogen-bond donors (Lipinski definition) is 1. The SMILES string of the molecule is CCCCCCCCCCCCc1ccc(Oc2ccccc2[O-])c(S(=O)(=O)O)c1.[K+]. The maximum atomic E-state index is 11.8. The van der Waals surface area contributed by atoms with E-state index in [0.717, 1.165) is 24.8 Å². The fourth-order valence-corrected chi connectivity index (χ4v) is 4.13. The van der Waals surface area contributed by atoms with Gasteiger partial charge in [0.05, 0.1) is 0 Å². The van der Waals surface area contributed by atoms with Crippen LogP contribution in [0.15, 0.2) is 47.4 Å². The van der Waals surface area contributed by atoms with Crippen molar-refractivity contribution in [1.29, 1.82) is 0 Å². The van der Waals surface area contributed by atoms with Crippen LogP contribution in [0.5, 0.6) is 17.2 Å². The molecular formula is C24H33KO5S. The molecule has 0 saturated carbocycles. The van der Waals surface area contributed by atoms with Gasteiger partial charge in [0, 0.05) is 0 Å². The van der Waals surface area contributed by atoms with E-state index in [-0.39, 0.29) is 73.5 Å². The van der Waals surface area contributed by atoms with Gasteiger partial charge in [-0.3, -0.25) is 4.55 Å². The van der Waals surface area contributed by atoms with Gasteiger partial charge in [-0.05, 0) is 36.6 Å². The standard InChI is InChI=1S/C24H34O5S.K/c1-2-3-4-5-6-7-8-9-10-11-14-20-17-18-23(24(19-20)30(26,27)28)29-22-16-13-12-15-21(22)25;/h12-13,15-19,25H,2-11,14H2,1H3,(H,26,27,28);/q;+1/p-1. The smallest absolute Gasteiger partial charge is 0.870 e. The van der Waals surface area contributed by atoms with Gasteiger partial charge in [-0.2, -0.15) is 8.42 Å². The zero-order valence-corrected chi connectivity index (χ0v) is 22.7. The molecule has 1 N–H and O–H groups in total. The van der Waals surface area contributed by atoms with Gasteiger partial charge in [0.1, 0.15) is 16.4 Å². The summed E-state index contributed by atoms with van der Waals surface area (Å²) in [6, 6.07) is 10.7. The summed E-state index contributed by atoms with van der Waals surface area (Å²) in [5, 5.41) is 11.8. The van der Waals surface area contributed by atoms with Crippen LogP contribution in [0, 0.1) is 0 Å². The molecule has 0 heterocycles. The quantitative estimate of drug-likeness (QED) is 0.259. The minimum atomic E-state index is -4.47. The summed E-state index contributed by atoms with van der Waals surface area (Å²) < 4.78 is 38.7. The van der Waals surface area contributed by atoms with E-state index in [9.17, 15) is 18.1 Å². The van der Waals surface area contributed by atoms with Gasteiger partial charge in [0.2, 0.25) is 0 Å². The van der Waals surface area contributed by atoms with Gasteiger partial charge < -0.3 is 9.84 Å². The molecule has 0 aliphatic carbocycles. The molecule has 0 spiro atoms. The fourth-order valence-electron chi connectivity index (χ4n) is 3.46. The predicted octanol–water partition coefficient (Wildman–Crippen LogP) is 3.27. The molecule has 0 saturated heterocycles. The zero-order chi connectivity index (χ0) is 21.8. The van der Waals surface area contributed by atoms with Crippen molar-refractivity contribution < 1.29 is 74.2 Å². The Balaban J connectivity index is 0.00000480. The van der Waals surface area contributed by atoms with Crippen LogP contribution < -0.4 is 61.2 Å². The van der Waals surface area contributed by atoms with Crippen molar-refractivity contribution >= 4 is 10.1 Å². The van der Waals surface area contributed by atoms with Gasteiger partial charge in [0.15, 0.2) is 0 Å². The molecule has 2 aromatic rings. The first kappa shape index (κ1) is 28.6. The average molecular weight is 473 g/mol. The van der Waals surface area contributed by atoms with Crippen LogP contribution in [0.25, 0.3) is 0 Å². The molecule has 2 rings (SSSR count). The van der Waals surface area contributed by atoms with E-state index < -0.39 is 10.1 Å². The van der Waals surface area contributed by atoms with Crippen LogP contribution >= 0.6 is 0 Å². The Bertz CT molecular complexity index is 883. The van der Waals surface area contributed by atoms with Gasteiger partial charge in [-0.15, -0.1) is 0 Å². The molecule has 0 aliphatic rings. The maximum absolute atomic E-state index is 11.8. The van der Waals surface area contributed by atoms with E-state index in [0.29, 0.717) is 0 Å². The largest absolute Gasteiger partial charge is 1.00 e. The Morgan fingerprint density at radius 3 is 2.00 bits per heavy atom. The third-order valence-electron chi connectivity index (χ3n) is 5.17. The Labute approximate surface area is 229 Å². The van der Waals surface area contributed by atoms with Crippen molar-refractivity contribution in [2.24, 2.45) is 0 Å². The van der Waals surface area contributed by atoms with Crippen LogP contribution in [0.3, 0.4) is 0 Å². The monoisotopic (exact) mass is 472 g/mol. The third-order valence-corrected chi connectivity index (χ3v) is 6.05. The van der Waals surface area contributed by atoms with Crippen LogP contribution in [-0.4, -0.2) is 13.0 Å². The van der Waals surface area contributed by atoms with Crippen LogP contribution in [0.1, 0.15) is 76.7 Å². The molecule has 0 atom stereocenters. The molecule has 0 amide bonds. The molecular weight excluding hydrogens is 439 g/mol. The maximum Gasteiger partial charge on any atom is 1.00 e. The van der Waals surface area contributed by atoms with Crippen molar-refractivity contribution in [1.82, 2.24) is 0 Å². The normalized spacial score (nSPS) is 11.2.